The minimum atomic E-state index is -0.433. The number of rotatable bonds is 4. The second-order valence-electron chi connectivity index (χ2n) is 4.19. The number of nitro benzene ring substituents is 1. The summed E-state index contributed by atoms with van der Waals surface area (Å²) in [6.07, 6.45) is 0. The first-order valence-corrected chi connectivity index (χ1v) is 6.98. The van der Waals surface area contributed by atoms with Crippen LogP contribution in [-0.2, 0) is 6.61 Å². The van der Waals surface area contributed by atoms with Crippen LogP contribution in [0.5, 0.6) is 5.75 Å². The van der Waals surface area contributed by atoms with Crippen molar-refractivity contribution in [3.05, 3.63) is 55.8 Å². The maximum Gasteiger partial charge on any atom is 0.313 e. The molecule has 0 saturated carbocycles. The maximum atomic E-state index is 11.1. The highest BCUT2D eigenvalue weighted by Gasteiger charge is 2.18. The van der Waals surface area contributed by atoms with Gasteiger partial charge in [-0.25, -0.2) is 0 Å². The first-order chi connectivity index (χ1) is 10.1. The molecule has 21 heavy (non-hydrogen) atoms. The van der Waals surface area contributed by atoms with Crippen molar-refractivity contribution < 1.29 is 14.8 Å². The van der Waals surface area contributed by atoms with E-state index in [0.717, 1.165) is 9.75 Å². The molecule has 1 N–H and O–H groups in total. The van der Waals surface area contributed by atoms with Crippen LogP contribution in [0.1, 0.15) is 15.3 Å². The van der Waals surface area contributed by atoms with Gasteiger partial charge in [-0.3, -0.25) is 10.1 Å². The Balaban J connectivity index is 2.12. The third-order valence-electron chi connectivity index (χ3n) is 2.71. The van der Waals surface area contributed by atoms with Gasteiger partial charge in [0.1, 0.15) is 13.2 Å². The fourth-order valence-corrected chi connectivity index (χ4v) is 2.58. The van der Waals surface area contributed by atoms with E-state index in [0.29, 0.717) is 5.56 Å². The van der Waals surface area contributed by atoms with E-state index in [2.05, 4.69) is 11.8 Å². The minimum absolute atomic E-state index is 0.00523. The number of nitrogens with zero attached hydrogens (tertiary/aromatic N) is 1. The molecule has 0 radical (unpaired) electrons. The Morgan fingerprint density at radius 2 is 2.19 bits per heavy atom. The van der Waals surface area contributed by atoms with Crippen molar-refractivity contribution in [2.75, 3.05) is 6.61 Å². The molecule has 0 unspecified atom stereocenters. The van der Waals surface area contributed by atoms with E-state index in [4.69, 9.17) is 9.84 Å². The number of aryl methyl sites for hydroxylation is 1. The number of ether oxygens (including phenoxy) is 1. The Morgan fingerprint density at radius 1 is 1.38 bits per heavy atom. The van der Waals surface area contributed by atoms with Crippen LogP contribution in [0, 0.1) is 28.9 Å². The summed E-state index contributed by atoms with van der Waals surface area (Å²) in [6.45, 7) is 1.74. The molecule has 1 aromatic carbocycles. The standard InChI is InChI=1S/C15H13NO4S/c1-11-4-2-6-14(15(11)16(18)19)20-10-13-8-7-12(21-13)5-3-9-17/h2,4,6-8,17H,9-10H2,1H3. The second-order valence-corrected chi connectivity index (χ2v) is 5.36. The maximum absolute atomic E-state index is 11.1. The van der Waals surface area contributed by atoms with E-state index in [1.165, 1.54) is 11.3 Å². The first-order valence-electron chi connectivity index (χ1n) is 6.17. The highest BCUT2D eigenvalue weighted by atomic mass is 32.1. The van der Waals surface area contributed by atoms with Gasteiger partial charge in [-0.05, 0) is 25.1 Å². The monoisotopic (exact) mass is 303 g/mol. The number of benzene rings is 1. The summed E-state index contributed by atoms with van der Waals surface area (Å²) in [4.78, 5) is 12.4. The molecule has 0 aliphatic heterocycles. The molecule has 6 heteroatoms. The zero-order chi connectivity index (χ0) is 15.2. The first kappa shape index (κ1) is 15.0. The summed E-state index contributed by atoms with van der Waals surface area (Å²) in [5, 5.41) is 19.7. The lowest BCUT2D eigenvalue weighted by Crippen LogP contribution is -1.99. The van der Waals surface area contributed by atoms with Gasteiger partial charge in [0.05, 0.1) is 9.80 Å². The van der Waals surface area contributed by atoms with Crippen LogP contribution in [0.25, 0.3) is 0 Å². The zero-order valence-corrected chi connectivity index (χ0v) is 12.1. The number of hydrogen-bond donors (Lipinski definition) is 1. The smallest absolute Gasteiger partial charge is 0.313 e. The molecule has 2 aromatic rings. The summed E-state index contributed by atoms with van der Waals surface area (Å²) in [5.41, 5.74) is 0.563. The van der Waals surface area contributed by atoms with E-state index in [-0.39, 0.29) is 24.7 Å². The molecule has 0 aliphatic carbocycles. The third kappa shape index (κ3) is 3.81. The number of aliphatic hydroxyl groups excluding tert-OH is 1. The largest absolute Gasteiger partial charge is 0.481 e. The Hall–Kier alpha value is -2.36. The van der Waals surface area contributed by atoms with Gasteiger partial charge in [0.15, 0.2) is 5.75 Å². The van der Waals surface area contributed by atoms with Crippen LogP contribution in [0.15, 0.2) is 30.3 Å². The molecule has 5 nitrogen and oxygen atoms in total. The molecular formula is C15H13NO4S. The predicted molar refractivity (Wildman–Crippen MR) is 80.4 cm³/mol. The summed E-state index contributed by atoms with van der Waals surface area (Å²) < 4.78 is 5.55. The molecule has 2 rings (SSSR count). The van der Waals surface area contributed by atoms with Crippen molar-refractivity contribution in [1.82, 2.24) is 0 Å². The quantitative estimate of drug-likeness (QED) is 0.535. The fraction of sp³-hybridized carbons (Fsp3) is 0.200. The number of nitro groups is 1. The molecule has 108 valence electrons. The van der Waals surface area contributed by atoms with Crippen molar-refractivity contribution in [3.63, 3.8) is 0 Å². The van der Waals surface area contributed by atoms with Crippen LogP contribution >= 0.6 is 11.3 Å². The topological polar surface area (TPSA) is 72.6 Å². The summed E-state index contributed by atoms with van der Waals surface area (Å²) in [7, 11) is 0. The van der Waals surface area contributed by atoms with E-state index >= 15 is 0 Å². The number of aliphatic hydroxyl groups is 1. The Kier molecular flexibility index (Phi) is 4.93. The molecule has 0 atom stereocenters. The van der Waals surface area contributed by atoms with E-state index in [1.807, 2.05) is 12.1 Å². The van der Waals surface area contributed by atoms with Crippen molar-refractivity contribution in [2.24, 2.45) is 0 Å². The number of hydrogen-bond acceptors (Lipinski definition) is 5. The van der Waals surface area contributed by atoms with Crippen LogP contribution in [-0.4, -0.2) is 16.6 Å². The third-order valence-corrected chi connectivity index (χ3v) is 3.68. The van der Waals surface area contributed by atoms with Crippen LogP contribution in [0.4, 0.5) is 5.69 Å². The van der Waals surface area contributed by atoms with Crippen LogP contribution in [0.2, 0.25) is 0 Å². The molecule has 1 heterocycles. The van der Waals surface area contributed by atoms with Gasteiger partial charge in [-0.15, -0.1) is 11.3 Å². The van der Waals surface area contributed by atoms with Gasteiger partial charge in [-0.2, -0.15) is 0 Å². The summed E-state index contributed by atoms with van der Waals surface area (Å²) in [6, 6.07) is 8.68. The molecule has 1 aromatic heterocycles. The molecule has 0 fully saturated rings. The van der Waals surface area contributed by atoms with Gasteiger partial charge in [0.2, 0.25) is 0 Å². The van der Waals surface area contributed by atoms with Crippen LogP contribution < -0.4 is 4.74 Å². The lowest BCUT2D eigenvalue weighted by Gasteiger charge is -2.06. The zero-order valence-electron chi connectivity index (χ0n) is 11.3. The average Bonchev–Trinajstić information content (AvgIpc) is 2.90. The van der Waals surface area contributed by atoms with Crippen molar-refractivity contribution >= 4 is 17.0 Å². The molecule has 0 aliphatic rings. The molecule has 0 spiro atoms. The van der Waals surface area contributed by atoms with Crippen molar-refractivity contribution in [2.45, 2.75) is 13.5 Å². The highest BCUT2D eigenvalue weighted by Crippen LogP contribution is 2.31. The van der Waals surface area contributed by atoms with Gasteiger partial charge in [0, 0.05) is 10.4 Å². The second kappa shape index (κ2) is 6.88. The highest BCUT2D eigenvalue weighted by molar-refractivity contribution is 7.12. The Bertz CT molecular complexity index is 712. The summed E-state index contributed by atoms with van der Waals surface area (Å²) >= 11 is 1.43. The van der Waals surface area contributed by atoms with Gasteiger partial charge >= 0.3 is 5.69 Å². The van der Waals surface area contributed by atoms with E-state index in [9.17, 15) is 10.1 Å². The number of thiophene rings is 1. The van der Waals surface area contributed by atoms with Crippen molar-refractivity contribution in [3.8, 4) is 17.6 Å². The Morgan fingerprint density at radius 3 is 2.90 bits per heavy atom. The normalized spacial score (nSPS) is 9.81. The van der Waals surface area contributed by atoms with Gasteiger partial charge in [0.25, 0.3) is 0 Å². The SMILES string of the molecule is Cc1cccc(OCc2ccc(C#CCO)s2)c1[N+](=O)[O-]. The molecule has 0 amide bonds. The van der Waals surface area contributed by atoms with Gasteiger partial charge < -0.3 is 9.84 Å². The average molecular weight is 303 g/mol. The van der Waals surface area contributed by atoms with Crippen molar-refractivity contribution in [1.29, 1.82) is 0 Å². The fourth-order valence-electron chi connectivity index (χ4n) is 1.78. The summed E-state index contributed by atoms with van der Waals surface area (Å²) in [5.74, 6) is 5.64. The lowest BCUT2D eigenvalue weighted by atomic mass is 10.2. The lowest BCUT2D eigenvalue weighted by molar-refractivity contribution is -0.386. The van der Waals surface area contributed by atoms with Gasteiger partial charge in [-0.1, -0.05) is 24.0 Å². The Labute approximate surface area is 126 Å². The van der Waals surface area contributed by atoms with E-state index < -0.39 is 4.92 Å². The van der Waals surface area contributed by atoms with Crippen LogP contribution in [0.3, 0.4) is 0 Å². The van der Waals surface area contributed by atoms with E-state index in [1.54, 1.807) is 25.1 Å². The molecule has 0 bridgehead atoms. The minimum Gasteiger partial charge on any atom is -0.481 e. The number of para-hydroxylation sites is 1. The molecular weight excluding hydrogens is 290 g/mol. The molecule has 0 saturated heterocycles. The predicted octanol–water partition coefficient (Wildman–Crippen LogP) is 2.89.